The summed E-state index contributed by atoms with van der Waals surface area (Å²) in [7, 11) is 1.05. The molecule has 0 spiro atoms. The minimum absolute atomic E-state index is 0.435. The van der Waals surface area contributed by atoms with E-state index < -0.39 is 0 Å². The number of rotatable bonds is 0. The summed E-state index contributed by atoms with van der Waals surface area (Å²) >= 11 is 1.46. The van der Waals surface area contributed by atoms with Crippen molar-refractivity contribution in [3.05, 3.63) is 12.1 Å². The Bertz CT molecular complexity index is 144. The fraction of sp³-hybridized carbons (Fsp3) is 0. The average molecular weight is 130 g/mol. The molecular formula is C4H6OSSi. The smallest absolute Gasteiger partial charge is 0.170 e. The van der Waals surface area contributed by atoms with Crippen LogP contribution in [0.4, 0.5) is 0 Å². The molecule has 0 aliphatic heterocycles. The maximum absolute atomic E-state index is 8.69. The quantitative estimate of drug-likeness (QED) is 0.467. The molecule has 1 aromatic heterocycles. The molecule has 0 fully saturated rings. The molecule has 0 unspecified atom stereocenters. The van der Waals surface area contributed by atoms with Crippen molar-refractivity contribution in [3.8, 4) is 5.06 Å². The lowest BCUT2D eigenvalue weighted by Crippen LogP contribution is -1.88. The monoisotopic (exact) mass is 130 g/mol. The van der Waals surface area contributed by atoms with E-state index in [1.165, 1.54) is 15.8 Å². The highest BCUT2D eigenvalue weighted by Crippen LogP contribution is 2.11. The van der Waals surface area contributed by atoms with Gasteiger partial charge in [-0.1, -0.05) is 0 Å². The normalized spacial score (nSPS) is 9.71. The second-order valence-electron chi connectivity index (χ2n) is 1.38. The average Bonchev–Trinajstić information content (AvgIpc) is 1.87. The lowest BCUT2D eigenvalue weighted by atomic mass is 10.7. The van der Waals surface area contributed by atoms with Gasteiger partial charge in [0, 0.05) is 0 Å². The van der Waals surface area contributed by atoms with Crippen molar-refractivity contribution < 1.29 is 5.11 Å². The molecule has 0 saturated carbocycles. The molecule has 3 heteroatoms. The van der Waals surface area contributed by atoms with Gasteiger partial charge in [0.15, 0.2) is 5.06 Å². The van der Waals surface area contributed by atoms with Gasteiger partial charge in [-0.2, -0.15) is 0 Å². The molecule has 38 valence electrons. The van der Waals surface area contributed by atoms with Crippen LogP contribution < -0.4 is 4.50 Å². The van der Waals surface area contributed by atoms with Crippen LogP contribution in [0.3, 0.4) is 0 Å². The third-order valence-corrected chi connectivity index (χ3v) is 2.48. The van der Waals surface area contributed by atoms with Crippen molar-refractivity contribution in [2.24, 2.45) is 0 Å². The predicted octanol–water partition coefficient (Wildman–Crippen LogP) is -0.556. The SMILES string of the molecule is Oc1ccc([SiH3])s1. The molecule has 1 N–H and O–H groups in total. The Kier molecular flexibility index (Phi) is 1.16. The third kappa shape index (κ3) is 1.04. The van der Waals surface area contributed by atoms with Gasteiger partial charge in [-0.25, -0.2) is 0 Å². The summed E-state index contributed by atoms with van der Waals surface area (Å²) in [6, 6.07) is 3.68. The Morgan fingerprint density at radius 3 is 2.43 bits per heavy atom. The van der Waals surface area contributed by atoms with Crippen LogP contribution in [0.25, 0.3) is 0 Å². The van der Waals surface area contributed by atoms with Gasteiger partial charge >= 0.3 is 0 Å². The number of thiophene rings is 1. The molecule has 0 amide bonds. The van der Waals surface area contributed by atoms with E-state index in [4.69, 9.17) is 5.11 Å². The van der Waals surface area contributed by atoms with Crippen LogP contribution in [0.1, 0.15) is 0 Å². The Balaban J connectivity index is 3.04. The summed E-state index contributed by atoms with van der Waals surface area (Å²) in [5, 5.41) is 9.13. The minimum atomic E-state index is 0.435. The van der Waals surface area contributed by atoms with E-state index in [2.05, 4.69) is 0 Å². The van der Waals surface area contributed by atoms with Gasteiger partial charge < -0.3 is 5.11 Å². The fourth-order valence-electron chi connectivity index (χ4n) is 0.422. The lowest BCUT2D eigenvalue weighted by Gasteiger charge is -1.72. The van der Waals surface area contributed by atoms with Crippen molar-refractivity contribution in [2.45, 2.75) is 0 Å². The van der Waals surface area contributed by atoms with Crippen molar-refractivity contribution in [3.63, 3.8) is 0 Å². The van der Waals surface area contributed by atoms with Crippen molar-refractivity contribution >= 4 is 26.1 Å². The maximum Gasteiger partial charge on any atom is 0.170 e. The molecule has 0 aliphatic carbocycles. The van der Waals surface area contributed by atoms with Crippen molar-refractivity contribution in [1.82, 2.24) is 0 Å². The molecule has 0 atom stereocenters. The number of aromatic hydroxyl groups is 1. The van der Waals surface area contributed by atoms with Crippen LogP contribution in [0.15, 0.2) is 12.1 Å². The second-order valence-corrected chi connectivity index (χ2v) is 4.45. The van der Waals surface area contributed by atoms with E-state index in [-0.39, 0.29) is 0 Å². The van der Waals surface area contributed by atoms with Gasteiger partial charge in [-0.15, -0.1) is 11.3 Å². The van der Waals surface area contributed by atoms with Gasteiger partial charge in [0.2, 0.25) is 0 Å². The number of hydrogen-bond donors (Lipinski definition) is 1. The molecule has 0 aromatic carbocycles. The molecule has 0 bridgehead atoms. The van der Waals surface area contributed by atoms with E-state index in [9.17, 15) is 0 Å². The van der Waals surface area contributed by atoms with E-state index in [0.29, 0.717) is 5.06 Å². The molecule has 1 heterocycles. The molecular weight excluding hydrogens is 124 g/mol. The highest BCUT2D eigenvalue weighted by Gasteiger charge is 1.87. The zero-order chi connectivity index (χ0) is 5.28. The fourth-order valence-corrected chi connectivity index (χ4v) is 1.82. The summed E-state index contributed by atoms with van der Waals surface area (Å²) < 4.78 is 1.29. The summed E-state index contributed by atoms with van der Waals surface area (Å²) in [6.45, 7) is 0. The highest BCUT2D eigenvalue weighted by molar-refractivity contribution is 7.21. The standard InChI is InChI=1S/C4H6OSSi/c5-3-1-2-4(7)6-3/h1-2,5H,7H3. The first-order chi connectivity index (χ1) is 3.29. The third-order valence-electron chi connectivity index (χ3n) is 0.726. The largest absolute Gasteiger partial charge is 0.499 e. The Labute approximate surface area is 49.0 Å². The van der Waals surface area contributed by atoms with Crippen LogP contribution in [0, 0.1) is 0 Å². The molecule has 7 heavy (non-hydrogen) atoms. The zero-order valence-electron chi connectivity index (χ0n) is 4.01. The maximum atomic E-state index is 8.69. The predicted molar refractivity (Wildman–Crippen MR) is 35.6 cm³/mol. The van der Waals surface area contributed by atoms with Crippen LogP contribution >= 0.6 is 11.3 Å². The van der Waals surface area contributed by atoms with Gasteiger partial charge in [0.05, 0.1) is 10.2 Å². The molecule has 0 saturated heterocycles. The topological polar surface area (TPSA) is 20.2 Å². The van der Waals surface area contributed by atoms with E-state index in [1.54, 1.807) is 6.07 Å². The summed E-state index contributed by atoms with van der Waals surface area (Å²) in [5.74, 6) is 0. The molecule has 0 aliphatic rings. The molecule has 1 nitrogen and oxygen atoms in total. The first-order valence-electron chi connectivity index (χ1n) is 2.04. The Hall–Kier alpha value is -0.283. The first-order valence-corrected chi connectivity index (χ1v) is 3.86. The number of hydrogen-bond acceptors (Lipinski definition) is 2. The van der Waals surface area contributed by atoms with E-state index in [0.717, 1.165) is 10.2 Å². The van der Waals surface area contributed by atoms with Crippen molar-refractivity contribution in [1.29, 1.82) is 0 Å². The van der Waals surface area contributed by atoms with Gasteiger partial charge in [0.1, 0.15) is 0 Å². The second kappa shape index (κ2) is 1.67. The molecule has 0 radical (unpaired) electrons. The van der Waals surface area contributed by atoms with Crippen LogP contribution in [0.2, 0.25) is 0 Å². The van der Waals surface area contributed by atoms with Crippen LogP contribution in [-0.2, 0) is 0 Å². The lowest BCUT2D eigenvalue weighted by molar-refractivity contribution is 0.491. The minimum Gasteiger partial charge on any atom is -0.499 e. The highest BCUT2D eigenvalue weighted by atomic mass is 32.1. The van der Waals surface area contributed by atoms with Crippen molar-refractivity contribution in [2.75, 3.05) is 0 Å². The van der Waals surface area contributed by atoms with Crippen LogP contribution in [0.5, 0.6) is 5.06 Å². The van der Waals surface area contributed by atoms with Gasteiger partial charge in [-0.3, -0.25) is 0 Å². The van der Waals surface area contributed by atoms with Gasteiger partial charge in [-0.05, 0) is 16.6 Å². The summed E-state index contributed by atoms with van der Waals surface area (Å²) in [5.41, 5.74) is 0. The summed E-state index contributed by atoms with van der Waals surface area (Å²) in [4.78, 5) is 0. The van der Waals surface area contributed by atoms with E-state index >= 15 is 0 Å². The Morgan fingerprint density at radius 2 is 2.29 bits per heavy atom. The van der Waals surface area contributed by atoms with E-state index in [1.807, 2.05) is 6.07 Å². The first kappa shape index (κ1) is 4.87. The zero-order valence-corrected chi connectivity index (χ0v) is 6.83. The van der Waals surface area contributed by atoms with Gasteiger partial charge in [0.25, 0.3) is 0 Å². The molecule has 1 aromatic rings. The molecule has 1 rings (SSSR count). The van der Waals surface area contributed by atoms with Crippen LogP contribution in [-0.4, -0.2) is 15.3 Å². The Morgan fingerprint density at radius 1 is 1.57 bits per heavy atom. The summed E-state index contributed by atoms with van der Waals surface area (Å²) in [6.07, 6.45) is 0.